The first-order valence-corrected chi connectivity index (χ1v) is 5.85. The Labute approximate surface area is 115 Å². The molecular formula is C14H12N2O4. The smallest absolute Gasteiger partial charge is 0.293 e. The molecular weight excluding hydrogens is 260 g/mol. The van der Waals surface area contributed by atoms with Crippen molar-refractivity contribution in [2.24, 2.45) is 0 Å². The zero-order chi connectivity index (χ0) is 14.5. The number of nitrogens with one attached hydrogen (secondary N) is 1. The Morgan fingerprint density at radius 2 is 1.85 bits per heavy atom. The number of benzene rings is 2. The van der Waals surface area contributed by atoms with E-state index in [4.69, 9.17) is 4.74 Å². The number of nitrogens with zero attached hydrogens (tertiary/aromatic N) is 1. The van der Waals surface area contributed by atoms with Gasteiger partial charge in [0.2, 0.25) is 5.91 Å². The summed E-state index contributed by atoms with van der Waals surface area (Å²) in [5.74, 6) is 0.630. The summed E-state index contributed by atoms with van der Waals surface area (Å²) in [5, 5.41) is 13.3. The third kappa shape index (κ3) is 3.32. The molecule has 0 saturated heterocycles. The number of anilines is 1. The molecule has 0 saturated carbocycles. The van der Waals surface area contributed by atoms with Gasteiger partial charge < -0.3 is 10.1 Å². The van der Waals surface area contributed by atoms with Gasteiger partial charge in [-0.25, -0.2) is 0 Å². The average Bonchev–Trinajstić information content (AvgIpc) is 2.39. The van der Waals surface area contributed by atoms with Crippen molar-refractivity contribution in [1.29, 1.82) is 0 Å². The molecule has 0 aromatic heterocycles. The van der Waals surface area contributed by atoms with Gasteiger partial charge in [-0.05, 0) is 18.2 Å². The highest BCUT2D eigenvalue weighted by molar-refractivity contribution is 5.91. The van der Waals surface area contributed by atoms with E-state index < -0.39 is 4.92 Å². The maximum atomic E-state index is 11.1. The zero-order valence-corrected chi connectivity index (χ0v) is 10.7. The molecule has 1 N–H and O–H groups in total. The van der Waals surface area contributed by atoms with E-state index in [1.807, 2.05) is 18.2 Å². The second-order valence-electron chi connectivity index (χ2n) is 4.03. The highest BCUT2D eigenvalue weighted by atomic mass is 16.6. The number of hydrogen-bond donors (Lipinski definition) is 1. The van der Waals surface area contributed by atoms with Crippen LogP contribution in [0.2, 0.25) is 0 Å². The Morgan fingerprint density at radius 3 is 2.45 bits per heavy atom. The second kappa shape index (κ2) is 5.83. The maximum absolute atomic E-state index is 11.1. The number of nitro groups is 1. The third-order valence-corrected chi connectivity index (χ3v) is 2.45. The minimum absolute atomic E-state index is 0.107. The average molecular weight is 272 g/mol. The second-order valence-corrected chi connectivity index (χ2v) is 4.03. The summed E-state index contributed by atoms with van der Waals surface area (Å²) in [6.07, 6.45) is 0. The minimum atomic E-state index is -0.558. The molecule has 102 valence electrons. The number of carbonyl (C=O) groups is 1. The van der Waals surface area contributed by atoms with Crippen LogP contribution in [0.1, 0.15) is 6.92 Å². The summed E-state index contributed by atoms with van der Waals surface area (Å²) in [6.45, 7) is 1.29. The highest BCUT2D eigenvalue weighted by Gasteiger charge is 2.15. The SMILES string of the molecule is CC(=O)Nc1cc(Oc2ccccc2)ccc1[N+](=O)[O-]. The maximum Gasteiger partial charge on any atom is 0.293 e. The van der Waals surface area contributed by atoms with Gasteiger partial charge in [0.25, 0.3) is 5.69 Å². The fourth-order valence-electron chi connectivity index (χ4n) is 1.65. The topological polar surface area (TPSA) is 81.5 Å². The summed E-state index contributed by atoms with van der Waals surface area (Å²) < 4.78 is 5.56. The first-order valence-electron chi connectivity index (χ1n) is 5.85. The van der Waals surface area contributed by atoms with E-state index in [9.17, 15) is 14.9 Å². The lowest BCUT2D eigenvalue weighted by atomic mass is 10.2. The predicted octanol–water partition coefficient (Wildman–Crippen LogP) is 3.35. The van der Waals surface area contributed by atoms with Gasteiger partial charge >= 0.3 is 0 Å². The molecule has 0 bridgehead atoms. The monoisotopic (exact) mass is 272 g/mol. The molecule has 2 rings (SSSR count). The Kier molecular flexibility index (Phi) is 3.95. The van der Waals surface area contributed by atoms with Crippen LogP contribution in [0.5, 0.6) is 11.5 Å². The van der Waals surface area contributed by atoms with Crippen LogP contribution in [0.25, 0.3) is 0 Å². The van der Waals surface area contributed by atoms with Crippen LogP contribution < -0.4 is 10.1 Å². The highest BCUT2D eigenvalue weighted by Crippen LogP contribution is 2.31. The lowest BCUT2D eigenvalue weighted by molar-refractivity contribution is -0.383. The Hall–Kier alpha value is -2.89. The normalized spacial score (nSPS) is 9.85. The van der Waals surface area contributed by atoms with E-state index in [-0.39, 0.29) is 17.3 Å². The number of carbonyl (C=O) groups excluding carboxylic acids is 1. The molecule has 0 aliphatic rings. The van der Waals surface area contributed by atoms with Crippen molar-refractivity contribution in [3.05, 3.63) is 58.6 Å². The Morgan fingerprint density at radius 1 is 1.15 bits per heavy atom. The van der Waals surface area contributed by atoms with E-state index in [0.29, 0.717) is 11.5 Å². The number of hydrogen-bond acceptors (Lipinski definition) is 4. The molecule has 0 radical (unpaired) electrons. The van der Waals surface area contributed by atoms with E-state index in [0.717, 1.165) is 0 Å². The summed E-state index contributed by atoms with van der Waals surface area (Å²) in [5.41, 5.74) is -0.0726. The lowest BCUT2D eigenvalue weighted by Crippen LogP contribution is -2.08. The fraction of sp³-hybridized carbons (Fsp3) is 0.0714. The van der Waals surface area contributed by atoms with Crippen molar-refractivity contribution in [2.45, 2.75) is 6.92 Å². The minimum Gasteiger partial charge on any atom is -0.457 e. The lowest BCUT2D eigenvalue weighted by Gasteiger charge is -2.08. The van der Waals surface area contributed by atoms with Crippen LogP contribution in [-0.2, 0) is 4.79 Å². The molecule has 0 unspecified atom stereocenters. The summed E-state index contributed by atoms with van der Waals surface area (Å²) in [7, 11) is 0. The zero-order valence-electron chi connectivity index (χ0n) is 10.7. The quantitative estimate of drug-likeness (QED) is 0.683. The first-order chi connectivity index (χ1) is 9.56. The first kappa shape index (κ1) is 13.5. The van der Waals surface area contributed by atoms with Crippen LogP contribution in [0, 0.1) is 10.1 Å². The van der Waals surface area contributed by atoms with Crippen molar-refractivity contribution < 1.29 is 14.5 Å². The molecule has 0 spiro atoms. The Bertz CT molecular complexity index is 641. The molecule has 0 heterocycles. The van der Waals surface area contributed by atoms with E-state index in [1.54, 1.807) is 12.1 Å². The largest absolute Gasteiger partial charge is 0.457 e. The molecule has 0 aliphatic heterocycles. The third-order valence-electron chi connectivity index (χ3n) is 2.45. The molecule has 0 aliphatic carbocycles. The summed E-state index contributed by atoms with van der Waals surface area (Å²) >= 11 is 0. The van der Waals surface area contributed by atoms with Crippen molar-refractivity contribution >= 4 is 17.3 Å². The number of nitro benzene ring substituents is 1. The molecule has 2 aromatic rings. The van der Waals surface area contributed by atoms with Gasteiger partial charge in [-0.1, -0.05) is 18.2 Å². The number of ether oxygens (including phenoxy) is 1. The van der Waals surface area contributed by atoms with Gasteiger partial charge in [-0.15, -0.1) is 0 Å². The molecule has 0 fully saturated rings. The van der Waals surface area contributed by atoms with Crippen LogP contribution in [-0.4, -0.2) is 10.8 Å². The molecule has 2 aromatic carbocycles. The fourth-order valence-corrected chi connectivity index (χ4v) is 1.65. The summed E-state index contributed by atoms with van der Waals surface area (Å²) in [6, 6.07) is 13.2. The van der Waals surface area contributed by atoms with Crippen LogP contribution >= 0.6 is 0 Å². The van der Waals surface area contributed by atoms with Crippen molar-refractivity contribution in [2.75, 3.05) is 5.32 Å². The molecule has 20 heavy (non-hydrogen) atoms. The van der Waals surface area contributed by atoms with Gasteiger partial charge in [-0.3, -0.25) is 14.9 Å². The summed E-state index contributed by atoms with van der Waals surface area (Å²) in [4.78, 5) is 21.4. The van der Waals surface area contributed by atoms with Crippen molar-refractivity contribution in [3.63, 3.8) is 0 Å². The van der Waals surface area contributed by atoms with E-state index >= 15 is 0 Å². The van der Waals surface area contributed by atoms with Gasteiger partial charge in [0.1, 0.15) is 17.2 Å². The van der Waals surface area contributed by atoms with Gasteiger partial charge in [-0.2, -0.15) is 0 Å². The van der Waals surface area contributed by atoms with Crippen LogP contribution in [0.3, 0.4) is 0 Å². The van der Waals surface area contributed by atoms with Crippen LogP contribution in [0.4, 0.5) is 11.4 Å². The van der Waals surface area contributed by atoms with E-state index in [2.05, 4.69) is 5.32 Å². The van der Waals surface area contributed by atoms with Gasteiger partial charge in [0.05, 0.1) is 4.92 Å². The van der Waals surface area contributed by atoms with Crippen molar-refractivity contribution in [1.82, 2.24) is 0 Å². The number of para-hydroxylation sites is 1. The van der Waals surface area contributed by atoms with Gasteiger partial charge in [0.15, 0.2) is 0 Å². The standard InChI is InChI=1S/C14H12N2O4/c1-10(17)15-13-9-12(7-8-14(13)16(18)19)20-11-5-3-2-4-6-11/h2-9H,1H3,(H,15,17). The molecule has 1 amide bonds. The number of amides is 1. The van der Waals surface area contributed by atoms with Crippen molar-refractivity contribution in [3.8, 4) is 11.5 Å². The number of rotatable bonds is 4. The Balaban J connectivity index is 2.31. The molecule has 6 nitrogen and oxygen atoms in total. The molecule has 0 atom stereocenters. The van der Waals surface area contributed by atoms with E-state index in [1.165, 1.54) is 25.1 Å². The molecule has 6 heteroatoms. The van der Waals surface area contributed by atoms with Gasteiger partial charge in [0, 0.05) is 19.1 Å². The predicted molar refractivity (Wildman–Crippen MR) is 73.9 cm³/mol. The van der Waals surface area contributed by atoms with Crippen LogP contribution in [0.15, 0.2) is 48.5 Å².